The quantitative estimate of drug-likeness (QED) is 0.821. The van der Waals surface area contributed by atoms with Crippen LogP contribution in [0.2, 0.25) is 10.0 Å². The molecule has 1 unspecified atom stereocenters. The van der Waals surface area contributed by atoms with E-state index in [2.05, 4.69) is 4.99 Å². The van der Waals surface area contributed by atoms with E-state index < -0.39 is 0 Å². The molecule has 2 aromatic carbocycles. The van der Waals surface area contributed by atoms with Gasteiger partial charge in [-0.2, -0.15) is 0 Å². The number of halogens is 2. The Hall–Kier alpha value is -1.65. The first-order valence-electron chi connectivity index (χ1n) is 6.88. The Bertz CT molecular complexity index is 744. The second-order valence-electron chi connectivity index (χ2n) is 5.17. The van der Waals surface area contributed by atoms with Gasteiger partial charge >= 0.3 is 0 Å². The molecule has 2 aromatic rings. The number of hydrogen-bond acceptors (Lipinski definition) is 2. The fourth-order valence-electron chi connectivity index (χ4n) is 2.69. The van der Waals surface area contributed by atoms with Crippen LogP contribution in [0.25, 0.3) is 0 Å². The molecule has 0 radical (unpaired) electrons. The number of aliphatic hydroxyl groups excluding tert-OH is 1. The van der Waals surface area contributed by atoms with Crippen molar-refractivity contribution in [1.29, 1.82) is 0 Å². The summed E-state index contributed by atoms with van der Waals surface area (Å²) < 4.78 is 0.323. The van der Waals surface area contributed by atoms with E-state index in [1.807, 2.05) is 48.8 Å². The van der Waals surface area contributed by atoms with Crippen molar-refractivity contribution in [3.63, 3.8) is 0 Å². The molecule has 1 aliphatic heterocycles. The van der Waals surface area contributed by atoms with Gasteiger partial charge in [0.2, 0.25) is 6.34 Å². The highest BCUT2D eigenvalue weighted by molar-refractivity contribution is 6.36. The van der Waals surface area contributed by atoms with E-state index in [1.165, 1.54) is 0 Å². The normalized spacial score (nSPS) is 20.8. The molecule has 1 atom stereocenters. The first kappa shape index (κ1) is 15.3. The summed E-state index contributed by atoms with van der Waals surface area (Å²) in [7, 11) is 0. The number of benzene rings is 2. The maximum absolute atomic E-state index is 9.52. The van der Waals surface area contributed by atoms with Gasteiger partial charge in [-0.15, -0.1) is 0 Å². The number of quaternary nitrogens is 1. The highest BCUT2D eigenvalue weighted by atomic mass is 35.5. The van der Waals surface area contributed by atoms with Crippen LogP contribution in [0, 0.1) is 0 Å². The SMILES string of the molecule is OCC1=CN=C[N+](c2ccccc2)(c2ccc(Cl)cc2Cl)C1. The molecule has 3 rings (SSSR count). The third-order valence-corrected chi connectivity index (χ3v) is 4.27. The van der Waals surface area contributed by atoms with Crippen molar-refractivity contribution in [1.82, 2.24) is 4.48 Å². The van der Waals surface area contributed by atoms with E-state index in [9.17, 15) is 5.11 Å². The van der Waals surface area contributed by atoms with E-state index >= 15 is 0 Å². The van der Waals surface area contributed by atoms with Crippen LogP contribution in [0.4, 0.5) is 11.4 Å². The Balaban J connectivity index is 2.21. The van der Waals surface area contributed by atoms with Crippen molar-refractivity contribution in [3.8, 4) is 0 Å². The molecule has 0 amide bonds. The van der Waals surface area contributed by atoms with Gasteiger partial charge in [0.25, 0.3) is 0 Å². The zero-order valence-electron chi connectivity index (χ0n) is 11.8. The molecule has 112 valence electrons. The number of aliphatic hydroxyl groups is 1. The summed E-state index contributed by atoms with van der Waals surface area (Å²) in [5.74, 6) is 0. The Kier molecular flexibility index (Phi) is 4.32. The second-order valence-corrected chi connectivity index (χ2v) is 6.01. The number of nitrogens with zero attached hydrogens (tertiary/aromatic N) is 2. The molecular formula is C17H15Cl2N2O+. The monoisotopic (exact) mass is 333 g/mol. The Morgan fingerprint density at radius 3 is 2.55 bits per heavy atom. The van der Waals surface area contributed by atoms with Gasteiger partial charge in [-0.25, -0.2) is 9.48 Å². The minimum absolute atomic E-state index is 0.0324. The van der Waals surface area contributed by atoms with Gasteiger partial charge in [0.1, 0.15) is 17.3 Å². The van der Waals surface area contributed by atoms with E-state index in [1.54, 1.807) is 12.3 Å². The zero-order valence-corrected chi connectivity index (χ0v) is 13.3. The summed E-state index contributed by atoms with van der Waals surface area (Å²) in [6, 6.07) is 15.4. The number of hydrogen-bond donors (Lipinski definition) is 1. The van der Waals surface area contributed by atoms with Crippen LogP contribution in [-0.4, -0.2) is 24.6 Å². The van der Waals surface area contributed by atoms with Crippen molar-refractivity contribution in [2.45, 2.75) is 0 Å². The van der Waals surface area contributed by atoms with E-state index in [0.717, 1.165) is 16.9 Å². The molecule has 0 spiro atoms. The maximum atomic E-state index is 9.52. The highest BCUT2D eigenvalue weighted by Gasteiger charge is 2.36. The van der Waals surface area contributed by atoms with Crippen molar-refractivity contribution in [3.05, 3.63) is 70.3 Å². The molecular weight excluding hydrogens is 319 g/mol. The van der Waals surface area contributed by atoms with E-state index in [0.29, 0.717) is 21.1 Å². The molecule has 0 fully saturated rings. The first-order chi connectivity index (χ1) is 10.7. The molecule has 0 aliphatic carbocycles. The third kappa shape index (κ3) is 2.69. The van der Waals surface area contributed by atoms with E-state index in [-0.39, 0.29) is 6.61 Å². The van der Waals surface area contributed by atoms with Gasteiger partial charge in [-0.05, 0) is 12.1 Å². The van der Waals surface area contributed by atoms with Crippen LogP contribution in [-0.2, 0) is 0 Å². The lowest BCUT2D eigenvalue weighted by molar-refractivity contribution is 0.322. The lowest BCUT2D eigenvalue weighted by Crippen LogP contribution is -2.46. The lowest BCUT2D eigenvalue weighted by atomic mass is 10.1. The Labute approximate surface area is 139 Å². The summed E-state index contributed by atoms with van der Waals surface area (Å²) in [6.07, 6.45) is 3.53. The molecule has 1 N–H and O–H groups in total. The van der Waals surface area contributed by atoms with Gasteiger partial charge in [-0.3, -0.25) is 0 Å². The van der Waals surface area contributed by atoms with Crippen LogP contribution in [0.15, 0.2) is 65.3 Å². The largest absolute Gasteiger partial charge is 0.392 e. The van der Waals surface area contributed by atoms with Crippen molar-refractivity contribution in [2.24, 2.45) is 4.99 Å². The average molecular weight is 334 g/mol. The van der Waals surface area contributed by atoms with Crippen LogP contribution in [0.5, 0.6) is 0 Å². The first-order valence-corrected chi connectivity index (χ1v) is 7.63. The number of para-hydroxylation sites is 1. The molecule has 0 saturated heterocycles. The van der Waals surface area contributed by atoms with Crippen molar-refractivity contribution >= 4 is 40.9 Å². The van der Waals surface area contributed by atoms with Crippen molar-refractivity contribution < 1.29 is 5.11 Å². The van der Waals surface area contributed by atoms with Gasteiger partial charge < -0.3 is 5.11 Å². The number of rotatable bonds is 3. The molecule has 1 aliphatic rings. The summed E-state index contributed by atoms with van der Waals surface area (Å²) >= 11 is 12.5. The molecule has 0 aromatic heterocycles. The van der Waals surface area contributed by atoms with Crippen LogP contribution >= 0.6 is 23.2 Å². The molecule has 22 heavy (non-hydrogen) atoms. The van der Waals surface area contributed by atoms with Gasteiger partial charge in [-0.1, -0.05) is 41.4 Å². The lowest BCUT2D eigenvalue weighted by Gasteiger charge is -2.35. The summed E-state index contributed by atoms with van der Waals surface area (Å²) in [5.41, 5.74) is 2.74. The number of aliphatic imine (C=N–C) groups is 1. The maximum Gasteiger partial charge on any atom is 0.200 e. The fraction of sp³-hybridized carbons (Fsp3) is 0.118. The minimum atomic E-state index is -0.0324. The van der Waals surface area contributed by atoms with Gasteiger partial charge in [0.15, 0.2) is 5.69 Å². The zero-order chi connectivity index (χ0) is 15.6. The molecule has 0 bridgehead atoms. The highest BCUT2D eigenvalue weighted by Crippen LogP contribution is 2.41. The van der Waals surface area contributed by atoms with Crippen molar-refractivity contribution in [2.75, 3.05) is 13.2 Å². The fourth-order valence-corrected chi connectivity index (χ4v) is 3.25. The van der Waals surface area contributed by atoms with Gasteiger partial charge in [0.05, 0.1) is 6.61 Å². The smallest absolute Gasteiger partial charge is 0.200 e. The summed E-state index contributed by atoms with van der Waals surface area (Å²) in [4.78, 5) is 4.33. The van der Waals surface area contributed by atoms with Crippen LogP contribution in [0.3, 0.4) is 0 Å². The molecule has 5 heteroatoms. The Morgan fingerprint density at radius 2 is 1.86 bits per heavy atom. The minimum Gasteiger partial charge on any atom is -0.392 e. The average Bonchev–Trinajstić information content (AvgIpc) is 2.55. The molecule has 3 nitrogen and oxygen atoms in total. The third-order valence-electron chi connectivity index (χ3n) is 3.73. The standard InChI is InChI=1S/C17H15Cl2N2O/c18-14-6-7-17(16(19)8-14)21(15-4-2-1-3-5-15)10-13(11-22)9-20-12-21/h1-9,12,22H,10-11H2/q+1. The predicted octanol–water partition coefficient (Wildman–Crippen LogP) is 4.55. The van der Waals surface area contributed by atoms with Crippen LogP contribution < -0.4 is 4.48 Å². The topological polar surface area (TPSA) is 32.6 Å². The summed E-state index contributed by atoms with van der Waals surface area (Å²) in [5, 5.41) is 10.7. The van der Waals surface area contributed by atoms with E-state index in [4.69, 9.17) is 23.2 Å². The summed E-state index contributed by atoms with van der Waals surface area (Å²) in [6.45, 7) is 0.542. The molecule has 0 saturated carbocycles. The van der Waals surface area contributed by atoms with Gasteiger partial charge in [0, 0.05) is 35.0 Å². The molecule has 1 heterocycles. The Morgan fingerprint density at radius 1 is 1.09 bits per heavy atom. The predicted molar refractivity (Wildman–Crippen MR) is 92.9 cm³/mol. The van der Waals surface area contributed by atoms with Crippen LogP contribution in [0.1, 0.15) is 0 Å². The second kappa shape index (κ2) is 6.23.